The Bertz CT molecular complexity index is 372. The summed E-state index contributed by atoms with van der Waals surface area (Å²) in [5.41, 5.74) is 1.32. The number of sulfone groups is 1. The first kappa shape index (κ1) is 12.1. The highest BCUT2D eigenvalue weighted by molar-refractivity contribution is 7.92. The van der Waals surface area contributed by atoms with Crippen LogP contribution in [0.3, 0.4) is 0 Å². The maximum atomic E-state index is 12.1. The van der Waals surface area contributed by atoms with Gasteiger partial charge < -0.3 is 5.32 Å². The van der Waals surface area contributed by atoms with Gasteiger partial charge in [0.1, 0.15) is 0 Å². The molecule has 0 spiro atoms. The minimum Gasteiger partial charge on any atom is -0.312 e. The van der Waals surface area contributed by atoms with Gasteiger partial charge in [0, 0.05) is 6.04 Å². The Morgan fingerprint density at radius 1 is 1.38 bits per heavy atom. The Morgan fingerprint density at radius 2 is 2.19 bits per heavy atom. The van der Waals surface area contributed by atoms with E-state index in [1.807, 2.05) is 7.05 Å². The molecule has 0 bridgehead atoms. The Labute approximate surface area is 98.2 Å². The highest BCUT2D eigenvalue weighted by atomic mass is 32.2. The summed E-state index contributed by atoms with van der Waals surface area (Å²) in [7, 11) is -0.993. The second-order valence-corrected chi connectivity index (χ2v) is 7.18. The second-order valence-electron chi connectivity index (χ2n) is 4.84. The molecule has 16 heavy (non-hydrogen) atoms. The van der Waals surface area contributed by atoms with Gasteiger partial charge in [-0.3, -0.25) is 0 Å². The van der Waals surface area contributed by atoms with Gasteiger partial charge in [-0.25, -0.2) is 8.42 Å². The van der Waals surface area contributed by atoms with E-state index in [-0.39, 0.29) is 11.3 Å². The van der Waals surface area contributed by atoms with Gasteiger partial charge in [0.05, 0.1) is 11.0 Å². The highest BCUT2D eigenvalue weighted by Crippen LogP contribution is 2.30. The SMILES string of the molecule is CNC(C1=CCCC1)C1CCCCS1(=O)=O. The first-order valence-corrected chi connectivity index (χ1v) is 7.94. The van der Waals surface area contributed by atoms with Gasteiger partial charge in [0.2, 0.25) is 0 Å². The van der Waals surface area contributed by atoms with Gasteiger partial charge >= 0.3 is 0 Å². The van der Waals surface area contributed by atoms with Crippen LogP contribution in [-0.2, 0) is 9.84 Å². The molecule has 0 aromatic rings. The molecule has 1 saturated heterocycles. The van der Waals surface area contributed by atoms with E-state index in [0.717, 1.165) is 32.1 Å². The average molecular weight is 243 g/mol. The summed E-state index contributed by atoms with van der Waals surface area (Å²) in [6.07, 6.45) is 8.30. The molecule has 2 rings (SSSR count). The van der Waals surface area contributed by atoms with Gasteiger partial charge in [0.15, 0.2) is 9.84 Å². The molecule has 2 atom stereocenters. The summed E-state index contributed by atoms with van der Waals surface area (Å²) in [6, 6.07) is 0.0628. The normalized spacial score (nSPS) is 31.1. The number of allylic oxidation sites excluding steroid dienone is 1. The summed E-state index contributed by atoms with van der Waals surface area (Å²) < 4.78 is 24.1. The minimum absolute atomic E-state index is 0.0628. The van der Waals surface area contributed by atoms with E-state index in [2.05, 4.69) is 11.4 Å². The molecule has 3 nitrogen and oxygen atoms in total. The summed E-state index contributed by atoms with van der Waals surface area (Å²) >= 11 is 0. The lowest BCUT2D eigenvalue weighted by Gasteiger charge is -2.30. The van der Waals surface area contributed by atoms with Crippen molar-refractivity contribution in [1.82, 2.24) is 5.32 Å². The van der Waals surface area contributed by atoms with E-state index in [0.29, 0.717) is 5.75 Å². The molecule has 0 amide bonds. The minimum atomic E-state index is -2.88. The zero-order valence-corrected chi connectivity index (χ0v) is 10.7. The van der Waals surface area contributed by atoms with E-state index >= 15 is 0 Å². The fourth-order valence-corrected chi connectivity index (χ4v) is 5.10. The quantitative estimate of drug-likeness (QED) is 0.767. The van der Waals surface area contributed by atoms with Crippen LogP contribution in [-0.4, -0.2) is 32.5 Å². The second kappa shape index (κ2) is 4.88. The summed E-state index contributed by atoms with van der Waals surface area (Å²) in [4.78, 5) is 0. The van der Waals surface area contributed by atoms with Crippen molar-refractivity contribution >= 4 is 9.84 Å². The first-order valence-electron chi connectivity index (χ1n) is 6.23. The molecule has 1 N–H and O–H groups in total. The highest BCUT2D eigenvalue weighted by Gasteiger charge is 2.36. The lowest BCUT2D eigenvalue weighted by molar-refractivity contribution is 0.484. The van der Waals surface area contributed by atoms with E-state index in [1.54, 1.807) is 0 Å². The van der Waals surface area contributed by atoms with Crippen LogP contribution in [0.4, 0.5) is 0 Å². The third-order valence-electron chi connectivity index (χ3n) is 3.79. The Hall–Kier alpha value is -0.350. The summed E-state index contributed by atoms with van der Waals surface area (Å²) in [6.45, 7) is 0. The van der Waals surface area contributed by atoms with Crippen molar-refractivity contribution in [2.45, 2.75) is 49.8 Å². The van der Waals surface area contributed by atoms with Crippen molar-refractivity contribution in [3.63, 3.8) is 0 Å². The number of hydrogen-bond acceptors (Lipinski definition) is 3. The van der Waals surface area contributed by atoms with Crippen LogP contribution in [0.1, 0.15) is 38.5 Å². The first-order chi connectivity index (χ1) is 7.65. The molecule has 92 valence electrons. The van der Waals surface area contributed by atoms with Crippen molar-refractivity contribution in [1.29, 1.82) is 0 Å². The van der Waals surface area contributed by atoms with E-state index in [4.69, 9.17) is 0 Å². The molecule has 0 saturated carbocycles. The molecule has 1 fully saturated rings. The smallest absolute Gasteiger partial charge is 0.155 e. The zero-order chi connectivity index (χ0) is 11.6. The lowest BCUT2D eigenvalue weighted by Crippen LogP contribution is -2.46. The van der Waals surface area contributed by atoms with Crippen LogP contribution >= 0.6 is 0 Å². The third kappa shape index (κ3) is 2.33. The maximum Gasteiger partial charge on any atom is 0.155 e. The van der Waals surface area contributed by atoms with Crippen molar-refractivity contribution in [3.05, 3.63) is 11.6 Å². The number of likely N-dealkylation sites (N-methyl/N-ethyl adjacent to an activating group) is 1. The fourth-order valence-electron chi connectivity index (χ4n) is 2.94. The molecule has 1 heterocycles. The van der Waals surface area contributed by atoms with Crippen molar-refractivity contribution < 1.29 is 8.42 Å². The molecule has 0 aromatic heterocycles. The van der Waals surface area contributed by atoms with Gasteiger partial charge in [-0.15, -0.1) is 0 Å². The van der Waals surface area contributed by atoms with Crippen LogP contribution in [0, 0.1) is 0 Å². The summed E-state index contributed by atoms with van der Waals surface area (Å²) in [5, 5.41) is 3.04. The lowest BCUT2D eigenvalue weighted by atomic mass is 9.99. The molecular weight excluding hydrogens is 222 g/mol. The number of hydrogen-bond donors (Lipinski definition) is 1. The van der Waals surface area contributed by atoms with Crippen molar-refractivity contribution in [3.8, 4) is 0 Å². The zero-order valence-electron chi connectivity index (χ0n) is 9.91. The Kier molecular flexibility index (Phi) is 3.70. The standard InChI is InChI=1S/C12H21NO2S/c1-13-12(10-6-2-3-7-10)11-8-4-5-9-16(11,14)15/h6,11-13H,2-5,7-9H2,1H3. The monoisotopic (exact) mass is 243 g/mol. The fraction of sp³-hybridized carbons (Fsp3) is 0.833. The summed E-state index contributed by atoms with van der Waals surface area (Å²) in [5.74, 6) is 0.378. The number of rotatable bonds is 3. The van der Waals surface area contributed by atoms with Crippen LogP contribution in [0.5, 0.6) is 0 Å². The van der Waals surface area contributed by atoms with Crippen LogP contribution in [0.25, 0.3) is 0 Å². The molecule has 1 aliphatic heterocycles. The predicted molar refractivity (Wildman–Crippen MR) is 66.2 cm³/mol. The molecule has 2 unspecified atom stereocenters. The topological polar surface area (TPSA) is 46.2 Å². The van der Waals surface area contributed by atoms with Crippen LogP contribution < -0.4 is 5.32 Å². The van der Waals surface area contributed by atoms with Gasteiger partial charge in [-0.2, -0.15) is 0 Å². The van der Waals surface area contributed by atoms with Gasteiger partial charge in [-0.05, 0) is 39.2 Å². The van der Waals surface area contributed by atoms with Gasteiger partial charge in [0.25, 0.3) is 0 Å². The Balaban J connectivity index is 2.19. The van der Waals surface area contributed by atoms with E-state index < -0.39 is 9.84 Å². The number of nitrogens with one attached hydrogen (secondary N) is 1. The molecule has 2 aliphatic rings. The van der Waals surface area contributed by atoms with Crippen molar-refractivity contribution in [2.75, 3.05) is 12.8 Å². The van der Waals surface area contributed by atoms with Crippen molar-refractivity contribution in [2.24, 2.45) is 0 Å². The third-order valence-corrected chi connectivity index (χ3v) is 6.08. The Morgan fingerprint density at radius 3 is 2.75 bits per heavy atom. The van der Waals surface area contributed by atoms with Crippen LogP contribution in [0.15, 0.2) is 11.6 Å². The molecule has 1 aliphatic carbocycles. The van der Waals surface area contributed by atoms with Gasteiger partial charge in [-0.1, -0.05) is 18.1 Å². The van der Waals surface area contributed by atoms with E-state index in [1.165, 1.54) is 12.0 Å². The predicted octanol–water partition coefficient (Wildman–Crippen LogP) is 1.65. The molecule has 0 radical (unpaired) electrons. The van der Waals surface area contributed by atoms with Crippen LogP contribution in [0.2, 0.25) is 0 Å². The largest absolute Gasteiger partial charge is 0.312 e. The molecule has 4 heteroatoms. The molecule has 0 aromatic carbocycles. The van der Waals surface area contributed by atoms with E-state index in [9.17, 15) is 8.42 Å². The molecular formula is C12H21NO2S. The average Bonchev–Trinajstić information content (AvgIpc) is 2.75. The maximum absolute atomic E-state index is 12.1.